The van der Waals surface area contributed by atoms with Crippen LogP contribution in [0, 0.1) is 5.92 Å². The van der Waals surface area contributed by atoms with Crippen molar-refractivity contribution in [3.8, 4) is 0 Å². The zero-order valence-electron chi connectivity index (χ0n) is 19.2. The molecule has 0 radical (unpaired) electrons. The number of hydrogen-bond acceptors (Lipinski definition) is 7. The highest BCUT2D eigenvalue weighted by molar-refractivity contribution is 5.91. The second-order valence-corrected chi connectivity index (χ2v) is 8.69. The first-order valence-electron chi connectivity index (χ1n) is 11.8. The summed E-state index contributed by atoms with van der Waals surface area (Å²) in [6.45, 7) is 5.68. The highest BCUT2D eigenvalue weighted by Crippen LogP contribution is 2.24. The van der Waals surface area contributed by atoms with E-state index in [4.69, 9.17) is 4.42 Å². The lowest BCUT2D eigenvalue weighted by molar-refractivity contribution is -0.137. The summed E-state index contributed by atoms with van der Waals surface area (Å²) in [7, 11) is 0. The van der Waals surface area contributed by atoms with Gasteiger partial charge in [-0.05, 0) is 44.0 Å². The van der Waals surface area contributed by atoms with Crippen molar-refractivity contribution < 1.29 is 14.0 Å². The maximum atomic E-state index is 13.1. The fourth-order valence-electron chi connectivity index (χ4n) is 4.84. The molecular formula is C24H28N6O4. The van der Waals surface area contributed by atoms with E-state index in [0.717, 1.165) is 0 Å². The maximum absolute atomic E-state index is 13.1. The number of carbonyl (C=O) groups is 2. The Labute approximate surface area is 196 Å². The molecule has 2 saturated heterocycles. The van der Waals surface area contributed by atoms with Crippen molar-refractivity contribution in [2.24, 2.45) is 5.92 Å². The van der Waals surface area contributed by atoms with E-state index in [2.05, 4.69) is 9.97 Å². The lowest BCUT2D eigenvalue weighted by Crippen LogP contribution is -2.53. The molecule has 2 amide bonds. The maximum Gasteiger partial charge on any atom is 0.295 e. The van der Waals surface area contributed by atoms with Crippen molar-refractivity contribution in [1.82, 2.24) is 24.3 Å². The first-order valence-corrected chi connectivity index (χ1v) is 11.8. The Bertz CT molecular complexity index is 1240. The van der Waals surface area contributed by atoms with Gasteiger partial charge in [0.25, 0.3) is 11.5 Å². The van der Waals surface area contributed by atoms with E-state index in [1.165, 1.54) is 6.26 Å². The summed E-state index contributed by atoms with van der Waals surface area (Å²) in [5.74, 6) is 0.664. The number of aryl methyl sites for hydroxylation is 1. The van der Waals surface area contributed by atoms with Crippen LogP contribution in [-0.2, 0) is 11.3 Å². The van der Waals surface area contributed by atoms with Crippen molar-refractivity contribution in [3.63, 3.8) is 0 Å². The standard InChI is InChI=1S/C24H28N6O4/c1-2-30-20-18(5-3-9-25-20)26-21(24(30)33)27-10-7-17(8-11-27)22(31)28-12-14-29(15-13-28)23(32)19-6-4-16-34-19/h3-6,9,16-17H,2,7-8,10-15H2,1H3. The third-order valence-corrected chi connectivity index (χ3v) is 6.76. The summed E-state index contributed by atoms with van der Waals surface area (Å²) in [5, 5.41) is 0. The van der Waals surface area contributed by atoms with Crippen LogP contribution in [0.2, 0.25) is 0 Å². The van der Waals surface area contributed by atoms with Gasteiger partial charge in [-0.25, -0.2) is 9.97 Å². The van der Waals surface area contributed by atoms with Gasteiger partial charge in [-0.3, -0.25) is 19.0 Å². The summed E-state index contributed by atoms with van der Waals surface area (Å²) in [6, 6.07) is 7.03. The number of fused-ring (bicyclic) bond motifs is 1. The van der Waals surface area contributed by atoms with Crippen LogP contribution < -0.4 is 10.5 Å². The van der Waals surface area contributed by atoms with E-state index in [0.29, 0.717) is 81.4 Å². The number of piperazine rings is 1. The van der Waals surface area contributed by atoms with E-state index in [-0.39, 0.29) is 23.3 Å². The molecule has 178 valence electrons. The van der Waals surface area contributed by atoms with Gasteiger partial charge >= 0.3 is 0 Å². The van der Waals surface area contributed by atoms with Crippen molar-refractivity contribution in [2.75, 3.05) is 44.2 Å². The number of carbonyl (C=O) groups excluding carboxylic acids is 2. The monoisotopic (exact) mass is 464 g/mol. The summed E-state index contributed by atoms with van der Waals surface area (Å²) in [6.07, 6.45) is 4.49. The zero-order valence-corrected chi connectivity index (χ0v) is 19.2. The number of rotatable bonds is 4. The van der Waals surface area contributed by atoms with Gasteiger partial charge in [-0.2, -0.15) is 0 Å². The molecule has 2 fully saturated rings. The minimum atomic E-state index is -0.143. The van der Waals surface area contributed by atoms with Gasteiger partial charge in [0.2, 0.25) is 5.91 Å². The molecule has 3 aromatic heterocycles. The lowest BCUT2D eigenvalue weighted by Gasteiger charge is -2.38. The molecule has 0 aliphatic carbocycles. The molecule has 10 heteroatoms. The minimum Gasteiger partial charge on any atom is -0.459 e. The normalized spacial score (nSPS) is 17.4. The predicted octanol–water partition coefficient (Wildman–Crippen LogP) is 1.61. The predicted molar refractivity (Wildman–Crippen MR) is 126 cm³/mol. The van der Waals surface area contributed by atoms with E-state index in [1.54, 1.807) is 27.8 Å². The SMILES string of the molecule is CCn1c(=O)c(N2CCC(C(=O)N3CCN(C(=O)c4ccco4)CC3)CC2)nc2cccnc21. The van der Waals surface area contributed by atoms with Crippen LogP contribution >= 0.6 is 0 Å². The molecule has 0 saturated carbocycles. The van der Waals surface area contributed by atoms with Crippen molar-refractivity contribution in [3.05, 3.63) is 52.8 Å². The first-order chi connectivity index (χ1) is 16.6. The van der Waals surface area contributed by atoms with Gasteiger partial charge in [0.15, 0.2) is 17.2 Å². The number of furan rings is 1. The Morgan fingerprint density at radius 3 is 2.44 bits per heavy atom. The number of piperidine rings is 1. The van der Waals surface area contributed by atoms with E-state index in [1.807, 2.05) is 28.9 Å². The molecular weight excluding hydrogens is 436 g/mol. The molecule has 10 nitrogen and oxygen atoms in total. The number of amides is 2. The lowest BCUT2D eigenvalue weighted by atomic mass is 9.95. The molecule has 3 aromatic rings. The van der Waals surface area contributed by atoms with Gasteiger partial charge in [0.05, 0.1) is 6.26 Å². The number of anilines is 1. The van der Waals surface area contributed by atoms with E-state index in [9.17, 15) is 14.4 Å². The van der Waals surface area contributed by atoms with Gasteiger partial charge < -0.3 is 19.1 Å². The molecule has 2 aliphatic rings. The zero-order chi connectivity index (χ0) is 23.7. The highest BCUT2D eigenvalue weighted by Gasteiger charge is 2.33. The number of nitrogens with zero attached hydrogens (tertiary/aromatic N) is 6. The summed E-state index contributed by atoms with van der Waals surface area (Å²) >= 11 is 0. The van der Waals surface area contributed by atoms with Crippen LogP contribution in [0.4, 0.5) is 5.82 Å². The molecule has 5 heterocycles. The van der Waals surface area contributed by atoms with Crippen LogP contribution in [0.1, 0.15) is 30.3 Å². The Hall–Kier alpha value is -3.69. The summed E-state index contributed by atoms with van der Waals surface area (Å²) in [5.41, 5.74) is 1.14. The number of pyridine rings is 1. The fourth-order valence-corrected chi connectivity index (χ4v) is 4.84. The summed E-state index contributed by atoms with van der Waals surface area (Å²) in [4.78, 5) is 53.1. The Balaban J connectivity index is 1.21. The highest BCUT2D eigenvalue weighted by atomic mass is 16.3. The topological polar surface area (TPSA) is 105 Å². The molecule has 5 rings (SSSR count). The van der Waals surface area contributed by atoms with Crippen LogP contribution in [0.5, 0.6) is 0 Å². The first kappa shape index (κ1) is 22.1. The minimum absolute atomic E-state index is 0.0842. The molecule has 2 aliphatic heterocycles. The van der Waals surface area contributed by atoms with Crippen LogP contribution in [0.25, 0.3) is 11.2 Å². The van der Waals surface area contributed by atoms with E-state index >= 15 is 0 Å². The van der Waals surface area contributed by atoms with Gasteiger partial charge in [-0.1, -0.05) is 0 Å². The Kier molecular flexibility index (Phi) is 6.04. The van der Waals surface area contributed by atoms with E-state index < -0.39 is 0 Å². The van der Waals surface area contributed by atoms with Gasteiger partial charge in [-0.15, -0.1) is 0 Å². The second-order valence-electron chi connectivity index (χ2n) is 8.69. The second kappa shape index (κ2) is 9.28. The van der Waals surface area contributed by atoms with Crippen molar-refractivity contribution >= 4 is 28.8 Å². The molecule has 0 spiro atoms. The van der Waals surface area contributed by atoms with Gasteiger partial charge in [0.1, 0.15) is 5.52 Å². The summed E-state index contributed by atoms with van der Waals surface area (Å²) < 4.78 is 6.85. The molecule has 0 aromatic carbocycles. The largest absolute Gasteiger partial charge is 0.459 e. The molecule has 0 N–H and O–H groups in total. The Morgan fingerprint density at radius 2 is 1.76 bits per heavy atom. The van der Waals surface area contributed by atoms with Crippen LogP contribution in [-0.4, -0.2) is 75.4 Å². The average molecular weight is 465 g/mol. The smallest absolute Gasteiger partial charge is 0.295 e. The molecule has 34 heavy (non-hydrogen) atoms. The number of hydrogen-bond donors (Lipinski definition) is 0. The van der Waals surface area contributed by atoms with Gasteiger partial charge in [0, 0.05) is 57.9 Å². The molecule has 0 unspecified atom stereocenters. The fraction of sp³-hybridized carbons (Fsp3) is 0.458. The third kappa shape index (κ3) is 4.04. The quantitative estimate of drug-likeness (QED) is 0.578. The third-order valence-electron chi connectivity index (χ3n) is 6.76. The van der Waals surface area contributed by atoms with Crippen LogP contribution in [0.15, 0.2) is 45.9 Å². The molecule has 0 bridgehead atoms. The van der Waals surface area contributed by atoms with Crippen molar-refractivity contribution in [1.29, 1.82) is 0 Å². The van der Waals surface area contributed by atoms with Crippen molar-refractivity contribution in [2.45, 2.75) is 26.3 Å². The number of aromatic nitrogens is 3. The van der Waals surface area contributed by atoms with Crippen LogP contribution in [0.3, 0.4) is 0 Å². The molecule has 0 atom stereocenters. The average Bonchev–Trinajstić information content (AvgIpc) is 3.43. The Morgan fingerprint density at radius 1 is 1.03 bits per heavy atom.